The number of hydrogen-bond acceptors (Lipinski definition) is 0. The van der Waals surface area contributed by atoms with E-state index in [4.69, 9.17) is 0 Å². The highest BCUT2D eigenvalue weighted by Gasteiger charge is 2.14. The summed E-state index contributed by atoms with van der Waals surface area (Å²) in [4.78, 5) is 0. The first-order valence-corrected chi connectivity index (χ1v) is 3.54. The Balaban J connectivity index is 3.17. The third-order valence-corrected chi connectivity index (χ3v) is 1.43. The fourth-order valence-electron chi connectivity index (χ4n) is 0. The predicted octanol–water partition coefficient (Wildman–Crippen LogP) is 2.05. The minimum atomic E-state index is -4.13. The van der Waals surface area contributed by atoms with Crippen LogP contribution in [0.1, 0.15) is 0 Å². The maximum atomic E-state index is 11.2. The van der Waals surface area contributed by atoms with Gasteiger partial charge < -0.3 is 0 Å². The lowest BCUT2D eigenvalue weighted by Crippen LogP contribution is -1.72. The van der Waals surface area contributed by atoms with Gasteiger partial charge in [0.2, 0.25) is 0 Å². The van der Waals surface area contributed by atoms with Gasteiger partial charge in [0.15, 0.2) is 15.3 Å². The first kappa shape index (κ1) is 6.64. The Morgan fingerprint density at radius 2 is 1.83 bits per heavy atom. The molecular formula is CH2BClF2P. The highest BCUT2D eigenvalue weighted by molar-refractivity contribution is 7.90. The molecule has 0 aromatic heterocycles. The van der Waals surface area contributed by atoms with Crippen LogP contribution in [0.5, 0.6) is 0 Å². The van der Waals surface area contributed by atoms with Gasteiger partial charge in [-0.25, -0.2) is 8.39 Å². The Kier molecular flexibility index (Phi) is 2.31. The molecule has 0 bridgehead atoms. The Labute approximate surface area is 41.8 Å². The molecule has 6 heavy (non-hydrogen) atoms. The summed E-state index contributed by atoms with van der Waals surface area (Å²) in [5.74, 6) is 0. The van der Waals surface area contributed by atoms with Crippen molar-refractivity contribution in [3.05, 3.63) is 0 Å². The quantitative estimate of drug-likeness (QED) is 0.289. The smallest absolute Gasteiger partial charge is 0.194 e. The van der Waals surface area contributed by atoms with Gasteiger partial charge in [0.05, 0.1) is 5.62 Å². The van der Waals surface area contributed by atoms with Crippen LogP contribution < -0.4 is 0 Å². The highest BCUT2D eigenvalue weighted by Crippen LogP contribution is 2.58. The van der Waals surface area contributed by atoms with Crippen molar-refractivity contribution in [1.82, 2.24) is 0 Å². The SMILES string of the molecule is [B][P](F)(F)CCl. The monoisotopic (exact) mass is 129 g/mol. The van der Waals surface area contributed by atoms with Crippen molar-refractivity contribution in [2.45, 2.75) is 0 Å². The Morgan fingerprint density at radius 3 is 1.83 bits per heavy atom. The minimum Gasteiger partial charge on any atom is -0.209 e. The van der Waals surface area contributed by atoms with Gasteiger partial charge in [0.25, 0.3) is 0 Å². The minimum absolute atomic E-state index is 0.701. The molecule has 0 fully saturated rings. The van der Waals surface area contributed by atoms with Crippen LogP contribution in [-0.4, -0.2) is 13.2 Å². The molecule has 0 spiro atoms. The van der Waals surface area contributed by atoms with Crippen LogP contribution in [0.15, 0.2) is 0 Å². The number of alkyl halides is 1. The van der Waals surface area contributed by atoms with Gasteiger partial charge in [0, 0.05) is 0 Å². The van der Waals surface area contributed by atoms with Crippen LogP contribution in [0.3, 0.4) is 0 Å². The first-order chi connectivity index (χ1) is 2.56. The summed E-state index contributed by atoms with van der Waals surface area (Å²) in [6.45, 7) is 0. The molecule has 0 amide bonds. The summed E-state index contributed by atoms with van der Waals surface area (Å²) in [6, 6.07) is 0. The molecule has 0 saturated heterocycles. The lowest BCUT2D eigenvalue weighted by molar-refractivity contribution is 0.741. The summed E-state index contributed by atoms with van der Waals surface area (Å²) < 4.78 is 22.4. The molecule has 0 aliphatic rings. The van der Waals surface area contributed by atoms with Crippen molar-refractivity contribution >= 4 is 26.9 Å². The lowest BCUT2D eigenvalue weighted by Gasteiger charge is -2.03. The molecule has 0 unspecified atom stereocenters. The largest absolute Gasteiger partial charge is 0.209 e. The van der Waals surface area contributed by atoms with Crippen LogP contribution >= 0.6 is 19.4 Å². The second-order valence-electron chi connectivity index (χ2n) is 0.800. The molecule has 0 aliphatic heterocycles. The summed E-state index contributed by atoms with van der Waals surface area (Å²) in [6.07, 6.45) is 0. The lowest BCUT2D eigenvalue weighted by atomic mass is 10.8. The van der Waals surface area contributed by atoms with Crippen molar-refractivity contribution in [1.29, 1.82) is 0 Å². The van der Waals surface area contributed by atoms with Gasteiger partial charge >= 0.3 is 0 Å². The average molecular weight is 129 g/mol. The standard InChI is InChI=1S/CH2BClF2P/c2-6(4,5)1-3/h1H2. The second-order valence-corrected chi connectivity index (χ2v) is 3.12. The molecule has 0 aromatic rings. The zero-order valence-corrected chi connectivity index (χ0v) is 4.52. The summed E-state index contributed by atoms with van der Waals surface area (Å²) >= 11 is 4.65. The van der Waals surface area contributed by atoms with Crippen LogP contribution in [0.4, 0.5) is 8.39 Å². The molecule has 0 atom stereocenters. The van der Waals surface area contributed by atoms with E-state index in [9.17, 15) is 8.39 Å². The Hall–Kier alpha value is 0.645. The van der Waals surface area contributed by atoms with Gasteiger partial charge in [-0.15, -0.1) is 11.6 Å². The van der Waals surface area contributed by atoms with Crippen molar-refractivity contribution in [2.75, 3.05) is 5.62 Å². The number of halogens is 3. The molecule has 0 aromatic carbocycles. The molecular weight excluding hydrogens is 127 g/mol. The molecule has 35 valence electrons. The maximum absolute atomic E-state index is 11.2. The topological polar surface area (TPSA) is 0 Å². The van der Waals surface area contributed by atoms with E-state index in [1.807, 2.05) is 0 Å². The first-order valence-electron chi connectivity index (χ1n) is 1.18. The van der Waals surface area contributed by atoms with Crippen LogP contribution in [0, 0.1) is 0 Å². The zero-order chi connectivity index (χ0) is 5.21. The molecule has 0 rings (SSSR count). The van der Waals surface area contributed by atoms with E-state index in [0.717, 1.165) is 0 Å². The predicted molar refractivity (Wildman–Crippen MR) is 25.6 cm³/mol. The molecule has 3 radical (unpaired) electrons. The molecule has 5 heteroatoms. The van der Waals surface area contributed by atoms with E-state index in [-0.39, 0.29) is 0 Å². The van der Waals surface area contributed by atoms with Gasteiger partial charge in [-0.2, -0.15) is 0 Å². The van der Waals surface area contributed by atoms with Crippen molar-refractivity contribution in [2.24, 2.45) is 0 Å². The normalized spacial score (nSPS) is 11.8. The molecule has 0 heterocycles. The fraction of sp³-hybridized carbons (Fsp3) is 1.00. The average Bonchev–Trinajstić information content (AvgIpc) is 1.35. The van der Waals surface area contributed by atoms with Gasteiger partial charge in [-0.05, 0) is 0 Å². The van der Waals surface area contributed by atoms with Crippen molar-refractivity contribution in [3.8, 4) is 0 Å². The molecule has 0 aliphatic carbocycles. The third-order valence-electron chi connectivity index (χ3n) is 0.159. The van der Waals surface area contributed by atoms with E-state index in [0.29, 0.717) is 0 Å². The third kappa shape index (κ3) is 4.64. The molecule has 0 N–H and O–H groups in total. The van der Waals surface area contributed by atoms with Crippen molar-refractivity contribution < 1.29 is 8.39 Å². The maximum Gasteiger partial charge on any atom is 0.194 e. The fourth-order valence-corrected chi connectivity index (χ4v) is 0. The Morgan fingerprint density at radius 1 is 1.67 bits per heavy atom. The second kappa shape index (κ2) is 2.08. The van der Waals surface area contributed by atoms with E-state index in [2.05, 4.69) is 19.2 Å². The van der Waals surface area contributed by atoms with Crippen LogP contribution in [0.25, 0.3) is 0 Å². The molecule has 0 saturated carbocycles. The number of hydrogen-bond donors (Lipinski definition) is 0. The number of rotatable bonds is 1. The van der Waals surface area contributed by atoms with E-state index in [1.54, 1.807) is 0 Å². The van der Waals surface area contributed by atoms with E-state index < -0.39 is 13.4 Å². The van der Waals surface area contributed by atoms with Gasteiger partial charge in [-0.1, -0.05) is 0 Å². The van der Waals surface area contributed by atoms with Gasteiger partial charge in [-0.3, -0.25) is 0 Å². The highest BCUT2D eigenvalue weighted by atomic mass is 35.5. The summed E-state index contributed by atoms with van der Waals surface area (Å²) in [5, 5.41) is 0. The van der Waals surface area contributed by atoms with Crippen molar-refractivity contribution in [3.63, 3.8) is 0 Å². The van der Waals surface area contributed by atoms with Crippen LogP contribution in [0.2, 0.25) is 0 Å². The Bertz CT molecular complexity index is 43.3. The van der Waals surface area contributed by atoms with E-state index in [1.165, 1.54) is 0 Å². The van der Waals surface area contributed by atoms with Crippen LogP contribution in [-0.2, 0) is 0 Å². The summed E-state index contributed by atoms with van der Waals surface area (Å²) in [7, 11) is 0.0494. The molecule has 0 nitrogen and oxygen atoms in total. The van der Waals surface area contributed by atoms with E-state index >= 15 is 0 Å². The zero-order valence-electron chi connectivity index (χ0n) is 2.87. The van der Waals surface area contributed by atoms with Gasteiger partial charge in [0.1, 0.15) is 0 Å². The summed E-state index contributed by atoms with van der Waals surface area (Å²) in [5.41, 5.74) is -0.701.